The van der Waals surface area contributed by atoms with Gasteiger partial charge < -0.3 is 14.2 Å². The normalized spacial score (nSPS) is 14.8. The summed E-state index contributed by atoms with van der Waals surface area (Å²) in [6, 6.07) is 13.0. The lowest BCUT2D eigenvalue weighted by Crippen LogP contribution is -2.57. The molecule has 2 aromatic rings. The van der Waals surface area contributed by atoms with Crippen LogP contribution in [0.25, 0.3) is 0 Å². The molecule has 0 bridgehead atoms. The molecule has 1 aliphatic heterocycles. The summed E-state index contributed by atoms with van der Waals surface area (Å²) in [7, 11) is 1.57. The molecule has 1 fully saturated rings. The number of ether oxygens (including phenoxy) is 3. The summed E-state index contributed by atoms with van der Waals surface area (Å²) in [5.41, 5.74) is 2.74. The van der Waals surface area contributed by atoms with Crippen LogP contribution in [0.1, 0.15) is 38.3 Å². The van der Waals surface area contributed by atoms with Gasteiger partial charge in [0.1, 0.15) is 12.4 Å². The molecule has 2 amide bonds. The first-order valence-corrected chi connectivity index (χ1v) is 12.3. The van der Waals surface area contributed by atoms with Crippen molar-refractivity contribution in [1.82, 2.24) is 15.1 Å². The van der Waals surface area contributed by atoms with Gasteiger partial charge in [-0.25, -0.2) is 9.79 Å². The number of ketones is 1. The fourth-order valence-electron chi connectivity index (χ4n) is 3.70. The van der Waals surface area contributed by atoms with E-state index in [4.69, 9.17) is 19.2 Å². The Morgan fingerprint density at radius 3 is 2.49 bits per heavy atom. The highest BCUT2D eigenvalue weighted by Crippen LogP contribution is 2.33. The molecule has 0 atom stereocenters. The average Bonchev–Trinajstić information content (AvgIpc) is 2.86. The second kappa shape index (κ2) is 12.9. The van der Waals surface area contributed by atoms with Crippen LogP contribution in [-0.4, -0.2) is 60.5 Å². The average molecular weight is 509 g/mol. The minimum atomic E-state index is -0.403. The third-order valence-corrected chi connectivity index (χ3v) is 5.63. The van der Waals surface area contributed by atoms with Crippen LogP contribution in [0.5, 0.6) is 11.5 Å². The van der Waals surface area contributed by atoms with Crippen LogP contribution in [0, 0.1) is 6.92 Å². The number of methoxy groups -OCH3 is 1. The molecule has 0 unspecified atom stereocenters. The van der Waals surface area contributed by atoms with Gasteiger partial charge in [0.25, 0.3) is 0 Å². The zero-order chi connectivity index (χ0) is 26.9. The summed E-state index contributed by atoms with van der Waals surface area (Å²) in [6.07, 6.45) is 0.148. The number of amides is 2. The number of hydrogen-bond donors (Lipinski definition) is 1. The SMILES string of the molecule is C=C1N(CCC(=O)COCC)C(=O)NC(=Nc2ccc(OC(C)C)c(OC)c2)N1Cc1ccc(C)cc1. The second-order valence-corrected chi connectivity index (χ2v) is 8.93. The van der Waals surface area contributed by atoms with E-state index in [0.717, 1.165) is 11.1 Å². The summed E-state index contributed by atoms with van der Waals surface area (Å²) in [5, 5.41) is 2.87. The van der Waals surface area contributed by atoms with Crippen molar-refractivity contribution < 1.29 is 23.8 Å². The van der Waals surface area contributed by atoms with Gasteiger partial charge in [-0.1, -0.05) is 36.4 Å². The molecule has 0 saturated carbocycles. The van der Waals surface area contributed by atoms with E-state index in [1.54, 1.807) is 25.3 Å². The maximum atomic E-state index is 13.0. The maximum absolute atomic E-state index is 13.0. The van der Waals surface area contributed by atoms with Gasteiger partial charge in [0.05, 0.1) is 25.4 Å². The first kappa shape index (κ1) is 27.7. The molecule has 9 nitrogen and oxygen atoms in total. The quantitative estimate of drug-likeness (QED) is 0.444. The molecule has 0 spiro atoms. The number of guanidine groups is 1. The van der Waals surface area contributed by atoms with Crippen molar-refractivity contribution in [1.29, 1.82) is 0 Å². The predicted molar refractivity (Wildman–Crippen MR) is 143 cm³/mol. The van der Waals surface area contributed by atoms with Crippen LogP contribution in [0.15, 0.2) is 59.9 Å². The molecule has 1 saturated heterocycles. The standard InChI is InChI=1S/C28H36N4O5/c1-7-36-18-24(33)14-15-31-21(5)32(17-22-10-8-20(4)9-11-22)27(30-28(31)34)29-23-12-13-25(37-19(2)3)26(16-23)35-6/h8-13,16,19H,5,7,14-15,17-18H2,1-4,6H3,(H,29,30,34). The molecule has 1 heterocycles. The maximum Gasteiger partial charge on any atom is 0.329 e. The molecule has 1 aliphatic rings. The first-order valence-electron chi connectivity index (χ1n) is 12.3. The number of Topliss-reactive ketones (excluding diaryl/α,β-unsaturated/α-hetero) is 1. The molecule has 0 radical (unpaired) electrons. The Morgan fingerprint density at radius 2 is 1.84 bits per heavy atom. The Balaban J connectivity index is 1.90. The number of nitrogens with one attached hydrogen (secondary N) is 1. The Kier molecular flexibility index (Phi) is 9.68. The van der Waals surface area contributed by atoms with E-state index >= 15 is 0 Å². The Labute approximate surface area is 218 Å². The third kappa shape index (κ3) is 7.57. The van der Waals surface area contributed by atoms with Crippen molar-refractivity contribution in [2.45, 2.75) is 46.8 Å². The van der Waals surface area contributed by atoms with Gasteiger partial charge in [0.15, 0.2) is 17.3 Å². The summed E-state index contributed by atoms with van der Waals surface area (Å²) >= 11 is 0. The smallest absolute Gasteiger partial charge is 0.329 e. The number of urea groups is 1. The van der Waals surface area contributed by atoms with Gasteiger partial charge in [-0.2, -0.15) is 0 Å². The minimum absolute atomic E-state index is 0.0107. The molecule has 0 aliphatic carbocycles. The molecular weight excluding hydrogens is 472 g/mol. The van der Waals surface area contributed by atoms with Crippen molar-refractivity contribution in [2.24, 2.45) is 4.99 Å². The van der Waals surface area contributed by atoms with Crippen LogP contribution in [0.2, 0.25) is 0 Å². The predicted octanol–water partition coefficient (Wildman–Crippen LogP) is 4.77. The van der Waals surface area contributed by atoms with E-state index in [0.29, 0.717) is 42.1 Å². The Morgan fingerprint density at radius 1 is 1.11 bits per heavy atom. The van der Waals surface area contributed by atoms with Crippen LogP contribution in [0.4, 0.5) is 10.5 Å². The molecule has 2 aromatic carbocycles. The number of carbonyl (C=O) groups excluding carboxylic acids is 2. The van der Waals surface area contributed by atoms with E-state index < -0.39 is 6.03 Å². The number of carbonyl (C=O) groups is 2. The van der Waals surface area contributed by atoms with E-state index in [-0.39, 0.29) is 31.5 Å². The Hall–Kier alpha value is -3.85. The lowest BCUT2D eigenvalue weighted by atomic mass is 10.1. The van der Waals surface area contributed by atoms with Gasteiger partial charge >= 0.3 is 6.03 Å². The van der Waals surface area contributed by atoms with E-state index in [1.165, 1.54) is 4.90 Å². The summed E-state index contributed by atoms with van der Waals surface area (Å²) in [6.45, 7) is 13.0. The summed E-state index contributed by atoms with van der Waals surface area (Å²) in [5.74, 6) is 1.82. The minimum Gasteiger partial charge on any atom is -0.493 e. The van der Waals surface area contributed by atoms with Crippen molar-refractivity contribution in [3.05, 3.63) is 66.0 Å². The van der Waals surface area contributed by atoms with Gasteiger partial charge in [0.2, 0.25) is 5.96 Å². The monoisotopic (exact) mass is 508 g/mol. The van der Waals surface area contributed by atoms with E-state index in [2.05, 4.69) is 11.9 Å². The number of hydrogen-bond acceptors (Lipinski definition) is 6. The first-order chi connectivity index (χ1) is 17.7. The Bertz CT molecular complexity index is 1140. The molecule has 0 aromatic heterocycles. The number of rotatable bonds is 12. The zero-order valence-electron chi connectivity index (χ0n) is 22.2. The number of aryl methyl sites for hydroxylation is 1. The molecule has 1 N–H and O–H groups in total. The van der Waals surface area contributed by atoms with Crippen LogP contribution < -0.4 is 14.8 Å². The van der Waals surface area contributed by atoms with Gasteiger partial charge in [-0.15, -0.1) is 0 Å². The highest BCUT2D eigenvalue weighted by atomic mass is 16.5. The number of benzene rings is 2. The third-order valence-electron chi connectivity index (χ3n) is 5.63. The van der Waals surface area contributed by atoms with Crippen molar-refractivity contribution >= 4 is 23.5 Å². The molecular formula is C28H36N4O5. The van der Waals surface area contributed by atoms with Gasteiger partial charge in [0, 0.05) is 25.6 Å². The van der Waals surface area contributed by atoms with Gasteiger partial charge in [-0.3, -0.25) is 19.9 Å². The molecule has 3 rings (SSSR count). The largest absolute Gasteiger partial charge is 0.493 e. The van der Waals surface area contributed by atoms with Crippen LogP contribution >= 0.6 is 0 Å². The fraction of sp³-hybridized carbons (Fsp3) is 0.393. The number of aliphatic imine (C=N–C) groups is 1. The van der Waals surface area contributed by atoms with E-state index in [1.807, 2.05) is 56.9 Å². The molecule has 198 valence electrons. The second-order valence-electron chi connectivity index (χ2n) is 8.93. The van der Waals surface area contributed by atoms with Crippen molar-refractivity contribution in [2.75, 3.05) is 26.9 Å². The van der Waals surface area contributed by atoms with Crippen molar-refractivity contribution in [3.8, 4) is 11.5 Å². The van der Waals surface area contributed by atoms with Crippen molar-refractivity contribution in [3.63, 3.8) is 0 Å². The lowest BCUT2D eigenvalue weighted by Gasteiger charge is -2.39. The van der Waals surface area contributed by atoms with Gasteiger partial charge in [-0.05, 0) is 45.4 Å². The zero-order valence-corrected chi connectivity index (χ0v) is 22.2. The number of nitrogens with zero attached hydrogens (tertiary/aromatic N) is 3. The summed E-state index contributed by atoms with van der Waals surface area (Å²) in [4.78, 5) is 33.2. The van der Waals surface area contributed by atoms with E-state index in [9.17, 15) is 9.59 Å². The molecule has 9 heteroatoms. The summed E-state index contributed by atoms with van der Waals surface area (Å²) < 4.78 is 16.5. The highest BCUT2D eigenvalue weighted by Gasteiger charge is 2.32. The topological polar surface area (TPSA) is 92.7 Å². The van der Waals surface area contributed by atoms with Crippen LogP contribution in [0.3, 0.4) is 0 Å². The fourth-order valence-corrected chi connectivity index (χ4v) is 3.70. The highest BCUT2D eigenvalue weighted by molar-refractivity contribution is 6.01. The molecule has 37 heavy (non-hydrogen) atoms. The lowest BCUT2D eigenvalue weighted by molar-refractivity contribution is -0.123. The van der Waals surface area contributed by atoms with Crippen LogP contribution in [-0.2, 0) is 16.1 Å².